The number of hydrogen-bond donors (Lipinski definition) is 3. The Labute approximate surface area is 258 Å². The second-order valence-electron chi connectivity index (χ2n) is 12.4. The lowest BCUT2D eigenvalue weighted by molar-refractivity contribution is -0.144. The zero-order chi connectivity index (χ0) is 31.2. The van der Waals surface area contributed by atoms with Gasteiger partial charge in [-0.15, -0.1) is 36.4 Å². The number of alkyl halides is 2. The lowest BCUT2D eigenvalue weighted by atomic mass is 9.83. The second-order valence-corrected chi connectivity index (χ2v) is 13.8. The van der Waals surface area contributed by atoms with Gasteiger partial charge in [0, 0.05) is 24.9 Å². The number of nitrogens with zero attached hydrogens (tertiary/aromatic N) is 1. The minimum Gasteiger partial charge on any atom is -0.444 e. The summed E-state index contributed by atoms with van der Waals surface area (Å²) in [6, 6.07) is -3.11. The fourth-order valence-electron chi connectivity index (χ4n) is 5.94. The van der Waals surface area contributed by atoms with Crippen LogP contribution in [-0.4, -0.2) is 75.6 Å². The van der Waals surface area contributed by atoms with Crippen LogP contribution in [0.5, 0.6) is 0 Å². The molecule has 1 heterocycles. The van der Waals surface area contributed by atoms with E-state index in [1.54, 1.807) is 32.9 Å². The number of halogens is 2. The van der Waals surface area contributed by atoms with Gasteiger partial charge in [0.25, 0.3) is 5.91 Å². The Morgan fingerprint density at radius 1 is 1.02 bits per heavy atom. The summed E-state index contributed by atoms with van der Waals surface area (Å²) in [5.41, 5.74) is -0.760. The van der Waals surface area contributed by atoms with Crippen LogP contribution in [0.3, 0.4) is 0 Å². The molecule has 5 atom stereocenters. The monoisotopic (exact) mass is 626 g/mol. The summed E-state index contributed by atoms with van der Waals surface area (Å²) < 4.78 is 4.24. The molecule has 1 saturated heterocycles. The van der Waals surface area contributed by atoms with Crippen LogP contribution >= 0.6 is 23.2 Å². The van der Waals surface area contributed by atoms with Crippen molar-refractivity contribution in [3.05, 3.63) is 25.3 Å². The molecule has 2 aliphatic carbocycles. The number of alkyl carbamates (subject to hydrolysis) is 1. The topological polar surface area (TPSA) is 134 Å². The minimum atomic E-state index is -1.21. The highest BCUT2D eigenvalue weighted by Gasteiger charge is 2.74. The number of piperidine rings is 1. The Kier molecular flexibility index (Phi) is 11.5. The summed E-state index contributed by atoms with van der Waals surface area (Å²) in [5.74, 6) is -3.70. The molecule has 42 heavy (non-hydrogen) atoms. The van der Waals surface area contributed by atoms with Gasteiger partial charge in [-0.2, -0.15) is 0 Å². The smallest absolute Gasteiger partial charge is 0.408 e. The van der Waals surface area contributed by atoms with E-state index in [9.17, 15) is 24.0 Å². The molecule has 2 unspecified atom stereocenters. The number of hydrogen-bond acceptors (Lipinski definition) is 6. The molecule has 3 N–H and O–H groups in total. The van der Waals surface area contributed by atoms with Crippen LogP contribution in [0.4, 0.5) is 4.79 Å². The number of Topliss-reactive ketones (excluding diaryl/α,β-unsaturated/α-hetero) is 1. The molecule has 0 bridgehead atoms. The van der Waals surface area contributed by atoms with Gasteiger partial charge in [-0.1, -0.05) is 31.4 Å². The number of rotatable bonds is 13. The molecule has 0 spiro atoms. The van der Waals surface area contributed by atoms with Crippen molar-refractivity contribution in [2.24, 2.45) is 17.8 Å². The Hall–Kier alpha value is -2.59. The van der Waals surface area contributed by atoms with E-state index in [4.69, 9.17) is 27.9 Å². The predicted octanol–water partition coefficient (Wildman–Crippen LogP) is 3.80. The number of carbonyl (C=O) groups is 5. The molecule has 0 radical (unpaired) electrons. The summed E-state index contributed by atoms with van der Waals surface area (Å²) >= 11 is 13.0. The van der Waals surface area contributed by atoms with Crippen molar-refractivity contribution in [2.75, 3.05) is 13.1 Å². The third-order valence-corrected chi connectivity index (χ3v) is 9.16. The molecule has 234 valence electrons. The zero-order valence-electron chi connectivity index (χ0n) is 24.8. The Morgan fingerprint density at radius 3 is 2.26 bits per heavy atom. The van der Waals surface area contributed by atoms with Crippen molar-refractivity contribution < 1.29 is 28.7 Å². The first kappa shape index (κ1) is 33.9. The molecule has 0 aromatic rings. The van der Waals surface area contributed by atoms with Crippen LogP contribution in [0.1, 0.15) is 72.1 Å². The van der Waals surface area contributed by atoms with Crippen molar-refractivity contribution in [2.45, 2.75) is 100 Å². The van der Waals surface area contributed by atoms with Gasteiger partial charge in [0.15, 0.2) is 0 Å². The first-order valence-corrected chi connectivity index (χ1v) is 15.5. The average molecular weight is 628 g/mol. The van der Waals surface area contributed by atoms with Gasteiger partial charge in [-0.3, -0.25) is 19.2 Å². The van der Waals surface area contributed by atoms with E-state index in [0.717, 1.165) is 32.1 Å². The molecule has 12 heteroatoms. The number of allylic oxidation sites excluding steroid dienone is 1. The summed E-state index contributed by atoms with van der Waals surface area (Å²) in [6.45, 7) is 12.8. The van der Waals surface area contributed by atoms with Crippen LogP contribution in [0.25, 0.3) is 0 Å². The number of nitrogens with one attached hydrogen (secondary N) is 3. The van der Waals surface area contributed by atoms with E-state index in [1.807, 2.05) is 0 Å². The molecule has 2 saturated carbocycles. The van der Waals surface area contributed by atoms with Gasteiger partial charge in [-0.05, 0) is 58.8 Å². The minimum absolute atomic E-state index is 0.126. The third-order valence-electron chi connectivity index (χ3n) is 8.09. The van der Waals surface area contributed by atoms with Crippen LogP contribution in [-0.2, 0) is 23.9 Å². The molecule has 4 amide bonds. The third kappa shape index (κ3) is 8.28. The Bertz CT molecular complexity index is 1070. The number of carbonyl (C=O) groups excluding carboxylic acids is 5. The molecule has 0 aromatic heterocycles. The standard InChI is InChI=1S/C30H44Cl2N4O6/c1-6-8-15-20(24(37)26(39)33-16-9-7-2)34-25(38)23-21-19(30(21,31)32)17-36(23)27(40)22(18-13-11-10-12-14-18)35-28(41)42-29(3,4)5/h6-7,18-23H,1-2,8-17H2,3-5H3,(H,33,39)(H,34,38)(H,35,41)/t19-,20?,21?,22-,23-/m0/s1. The maximum Gasteiger partial charge on any atom is 0.408 e. The second kappa shape index (κ2) is 14.3. The summed E-state index contributed by atoms with van der Waals surface area (Å²) in [4.78, 5) is 67.6. The van der Waals surface area contributed by atoms with Gasteiger partial charge < -0.3 is 25.6 Å². The van der Waals surface area contributed by atoms with E-state index < -0.39 is 63.6 Å². The van der Waals surface area contributed by atoms with E-state index in [2.05, 4.69) is 29.1 Å². The van der Waals surface area contributed by atoms with Crippen molar-refractivity contribution in [3.63, 3.8) is 0 Å². The van der Waals surface area contributed by atoms with Gasteiger partial charge in [0.05, 0.1) is 6.04 Å². The molecule has 1 aliphatic heterocycles. The summed E-state index contributed by atoms with van der Waals surface area (Å²) in [5, 5.41) is 8.01. The highest BCUT2D eigenvalue weighted by molar-refractivity contribution is 6.51. The average Bonchev–Trinajstić information content (AvgIpc) is 3.24. The molecule has 3 fully saturated rings. The van der Waals surface area contributed by atoms with Crippen molar-refractivity contribution >= 4 is 52.8 Å². The predicted molar refractivity (Wildman–Crippen MR) is 161 cm³/mol. The number of amides is 4. The van der Waals surface area contributed by atoms with Gasteiger partial charge in [0.1, 0.15) is 22.0 Å². The van der Waals surface area contributed by atoms with Crippen molar-refractivity contribution in [1.82, 2.24) is 20.9 Å². The highest BCUT2D eigenvalue weighted by Crippen LogP contribution is 2.65. The quantitative estimate of drug-likeness (QED) is 0.123. The Morgan fingerprint density at radius 2 is 1.67 bits per heavy atom. The summed E-state index contributed by atoms with van der Waals surface area (Å²) in [7, 11) is 0. The summed E-state index contributed by atoms with van der Waals surface area (Å²) in [6.07, 6.45) is 7.88. The van der Waals surface area contributed by atoms with E-state index >= 15 is 0 Å². The van der Waals surface area contributed by atoms with E-state index in [1.165, 1.54) is 4.90 Å². The normalized spacial score (nSPS) is 24.4. The lowest BCUT2D eigenvalue weighted by Crippen LogP contribution is -2.60. The van der Waals surface area contributed by atoms with E-state index in [0.29, 0.717) is 12.8 Å². The molecule has 3 aliphatic rings. The maximum absolute atomic E-state index is 14.1. The van der Waals surface area contributed by atoms with Crippen molar-refractivity contribution in [1.29, 1.82) is 0 Å². The van der Waals surface area contributed by atoms with E-state index in [-0.39, 0.29) is 31.3 Å². The van der Waals surface area contributed by atoms with Crippen LogP contribution in [0, 0.1) is 17.8 Å². The molecular formula is C30H44Cl2N4O6. The van der Waals surface area contributed by atoms with Gasteiger partial charge >= 0.3 is 6.09 Å². The van der Waals surface area contributed by atoms with Gasteiger partial charge in [0.2, 0.25) is 17.6 Å². The highest BCUT2D eigenvalue weighted by atomic mass is 35.5. The first-order valence-electron chi connectivity index (χ1n) is 14.7. The Balaban J connectivity index is 1.83. The SMILES string of the molecule is C=CCCNC(=O)C(=O)C(CCC=C)NC(=O)[C@@H]1C2[C@H](CN1C(=O)[C@@H](NC(=O)OC(C)(C)C)C1CCCCC1)C2(Cl)Cl. The molecule has 10 nitrogen and oxygen atoms in total. The zero-order valence-corrected chi connectivity index (χ0v) is 26.3. The lowest BCUT2D eigenvalue weighted by Gasteiger charge is -2.36. The fourth-order valence-corrected chi connectivity index (χ4v) is 6.77. The maximum atomic E-state index is 14.1. The molecular weight excluding hydrogens is 583 g/mol. The van der Waals surface area contributed by atoms with Crippen LogP contribution in [0.15, 0.2) is 25.3 Å². The number of likely N-dealkylation sites (tertiary alicyclic amines) is 1. The van der Waals surface area contributed by atoms with Crippen molar-refractivity contribution in [3.8, 4) is 0 Å². The molecule has 0 aromatic carbocycles. The largest absolute Gasteiger partial charge is 0.444 e. The number of fused-ring (bicyclic) bond motifs is 1. The first-order chi connectivity index (χ1) is 19.7. The van der Waals surface area contributed by atoms with Gasteiger partial charge in [-0.25, -0.2) is 4.79 Å². The molecule has 3 rings (SSSR count). The van der Waals surface area contributed by atoms with Crippen LogP contribution < -0.4 is 16.0 Å². The number of ether oxygens (including phenoxy) is 1. The fraction of sp³-hybridized carbons (Fsp3) is 0.700. The number of ketones is 1. The van der Waals surface area contributed by atoms with Crippen LogP contribution in [0.2, 0.25) is 0 Å².